The van der Waals surface area contributed by atoms with Gasteiger partial charge in [-0.1, -0.05) is 31.2 Å². The summed E-state index contributed by atoms with van der Waals surface area (Å²) in [7, 11) is 0. The van der Waals surface area contributed by atoms with Crippen LogP contribution in [0.25, 0.3) is 10.9 Å². The molecule has 3 aromatic rings. The quantitative estimate of drug-likeness (QED) is 0.470. The number of carbonyl (C=O) groups excluding carboxylic acids is 2. The van der Waals surface area contributed by atoms with E-state index in [9.17, 15) is 9.59 Å². The number of para-hydroxylation sites is 1. The average molecular weight is 437 g/mol. The minimum Gasteiger partial charge on any atom is -0.444 e. The fourth-order valence-electron chi connectivity index (χ4n) is 3.48. The average Bonchev–Trinajstić information content (AvgIpc) is 3.16. The number of fused-ring (bicyclic) bond motifs is 1. The maximum absolute atomic E-state index is 13.3. The number of hydrogen-bond acceptors (Lipinski definition) is 4. The van der Waals surface area contributed by atoms with E-state index in [0.717, 1.165) is 22.0 Å². The second-order valence-corrected chi connectivity index (χ2v) is 8.86. The molecular formula is C25H32N4O3. The minimum absolute atomic E-state index is 0.266. The van der Waals surface area contributed by atoms with Gasteiger partial charge in [0, 0.05) is 42.5 Å². The van der Waals surface area contributed by atoms with E-state index in [1.807, 2.05) is 63.4 Å². The molecule has 170 valence electrons. The smallest absolute Gasteiger partial charge is 0.408 e. The van der Waals surface area contributed by atoms with Crippen molar-refractivity contribution in [3.8, 4) is 0 Å². The Morgan fingerprint density at radius 3 is 2.62 bits per heavy atom. The van der Waals surface area contributed by atoms with Gasteiger partial charge in [0.25, 0.3) is 0 Å². The van der Waals surface area contributed by atoms with Crippen molar-refractivity contribution in [2.24, 2.45) is 0 Å². The van der Waals surface area contributed by atoms with Crippen LogP contribution in [0.15, 0.2) is 55.0 Å². The Balaban J connectivity index is 1.77. The molecule has 2 heterocycles. The third-order valence-electron chi connectivity index (χ3n) is 5.74. The van der Waals surface area contributed by atoms with Gasteiger partial charge in [-0.2, -0.15) is 0 Å². The summed E-state index contributed by atoms with van der Waals surface area (Å²) in [5, 5.41) is 6.82. The molecule has 7 heteroatoms. The number of nitrogens with zero attached hydrogens (tertiary/aromatic N) is 1. The summed E-state index contributed by atoms with van der Waals surface area (Å²) < 4.78 is 5.57. The highest BCUT2D eigenvalue weighted by Gasteiger charge is 2.37. The molecule has 1 unspecified atom stereocenters. The number of rotatable bonds is 9. The van der Waals surface area contributed by atoms with E-state index in [2.05, 4.69) is 20.6 Å². The van der Waals surface area contributed by atoms with Crippen LogP contribution in [-0.4, -0.2) is 39.7 Å². The van der Waals surface area contributed by atoms with Crippen molar-refractivity contribution in [3.63, 3.8) is 0 Å². The van der Waals surface area contributed by atoms with Gasteiger partial charge in [-0.25, -0.2) is 4.79 Å². The summed E-state index contributed by atoms with van der Waals surface area (Å²) in [5.41, 5.74) is 1.14. The molecule has 1 aromatic carbocycles. The molecule has 0 spiro atoms. The van der Waals surface area contributed by atoms with Crippen LogP contribution in [0.2, 0.25) is 0 Å². The van der Waals surface area contributed by atoms with E-state index in [1.165, 1.54) is 0 Å². The molecule has 0 radical (unpaired) electrons. The molecule has 0 aliphatic carbocycles. The molecule has 2 aromatic heterocycles. The van der Waals surface area contributed by atoms with Gasteiger partial charge in [0.1, 0.15) is 11.1 Å². The molecule has 0 bridgehead atoms. The molecule has 0 saturated heterocycles. The number of ether oxygens (including phenoxy) is 1. The highest BCUT2D eigenvalue weighted by atomic mass is 16.6. The lowest BCUT2D eigenvalue weighted by molar-refractivity contribution is -0.127. The fraction of sp³-hybridized carbons (Fsp3) is 0.400. The number of alkyl carbamates (subject to hydrolysis) is 1. The second-order valence-electron chi connectivity index (χ2n) is 8.86. The number of aromatic amines is 1. The number of benzene rings is 1. The zero-order chi connectivity index (χ0) is 23.2. The van der Waals surface area contributed by atoms with Crippen LogP contribution >= 0.6 is 0 Å². The summed E-state index contributed by atoms with van der Waals surface area (Å²) in [6.45, 7) is 7.80. The number of carbonyl (C=O) groups is 2. The second kappa shape index (κ2) is 9.85. The van der Waals surface area contributed by atoms with E-state index >= 15 is 0 Å². The van der Waals surface area contributed by atoms with E-state index in [1.54, 1.807) is 19.3 Å². The standard InChI is InChI=1S/C25H32N4O3/c1-5-24(2,3)32-23(31)29-25(4,15-19-17-28-21-11-7-6-10-20(19)21)22(30)27-14-12-18-9-8-13-26-16-18/h6-11,13,16-17,28H,5,12,14-15H2,1-4H3,(H,27,30)(H,29,31). The van der Waals surface area contributed by atoms with Gasteiger partial charge in [-0.15, -0.1) is 0 Å². The molecule has 1 atom stereocenters. The third-order valence-corrected chi connectivity index (χ3v) is 5.74. The predicted molar refractivity (Wildman–Crippen MR) is 125 cm³/mol. The van der Waals surface area contributed by atoms with Crippen LogP contribution in [0.5, 0.6) is 0 Å². The number of amides is 2. The lowest BCUT2D eigenvalue weighted by Gasteiger charge is -2.32. The minimum atomic E-state index is -1.19. The van der Waals surface area contributed by atoms with Crippen molar-refractivity contribution in [2.75, 3.05) is 6.54 Å². The first-order valence-corrected chi connectivity index (χ1v) is 11.0. The number of nitrogens with one attached hydrogen (secondary N) is 3. The normalized spacial score (nSPS) is 13.4. The van der Waals surface area contributed by atoms with Crippen molar-refractivity contribution in [2.45, 2.75) is 58.1 Å². The van der Waals surface area contributed by atoms with Gasteiger partial charge in [-0.3, -0.25) is 9.78 Å². The first kappa shape index (κ1) is 23.3. The van der Waals surface area contributed by atoms with E-state index in [0.29, 0.717) is 25.8 Å². The van der Waals surface area contributed by atoms with Crippen molar-refractivity contribution in [1.82, 2.24) is 20.6 Å². The van der Waals surface area contributed by atoms with Gasteiger partial charge < -0.3 is 20.4 Å². The van der Waals surface area contributed by atoms with Crippen LogP contribution < -0.4 is 10.6 Å². The van der Waals surface area contributed by atoms with E-state index in [-0.39, 0.29) is 5.91 Å². The monoisotopic (exact) mass is 436 g/mol. The number of aromatic nitrogens is 2. The summed E-state index contributed by atoms with van der Waals surface area (Å²) in [6, 6.07) is 11.7. The van der Waals surface area contributed by atoms with Gasteiger partial charge in [0.15, 0.2) is 0 Å². The summed E-state index contributed by atoms with van der Waals surface area (Å²) in [6.07, 6.45) is 6.40. The lowest BCUT2D eigenvalue weighted by atomic mass is 9.91. The van der Waals surface area contributed by atoms with Crippen molar-refractivity contribution >= 4 is 22.9 Å². The van der Waals surface area contributed by atoms with Gasteiger partial charge in [-0.05, 0) is 56.9 Å². The molecule has 0 aliphatic rings. The largest absolute Gasteiger partial charge is 0.444 e. The Kier molecular flexibility index (Phi) is 7.18. The van der Waals surface area contributed by atoms with E-state index < -0.39 is 17.2 Å². The van der Waals surface area contributed by atoms with Crippen molar-refractivity contribution in [3.05, 3.63) is 66.1 Å². The Morgan fingerprint density at radius 1 is 1.12 bits per heavy atom. The maximum atomic E-state index is 13.3. The van der Waals surface area contributed by atoms with Crippen LogP contribution in [0.4, 0.5) is 4.79 Å². The van der Waals surface area contributed by atoms with Crippen LogP contribution in [0, 0.1) is 0 Å². The maximum Gasteiger partial charge on any atom is 0.408 e. The summed E-state index contributed by atoms with van der Waals surface area (Å²) in [5.74, 6) is -0.266. The molecule has 3 N–H and O–H groups in total. The Bertz CT molecular complexity index is 1060. The molecular weight excluding hydrogens is 404 g/mol. The first-order chi connectivity index (χ1) is 15.2. The number of H-pyrrole nitrogens is 1. The van der Waals surface area contributed by atoms with Crippen molar-refractivity contribution in [1.29, 1.82) is 0 Å². The van der Waals surface area contributed by atoms with Gasteiger partial charge in [0.05, 0.1) is 0 Å². The molecule has 2 amide bonds. The zero-order valence-electron chi connectivity index (χ0n) is 19.2. The van der Waals surface area contributed by atoms with Crippen LogP contribution in [0.3, 0.4) is 0 Å². The first-order valence-electron chi connectivity index (χ1n) is 11.0. The fourth-order valence-corrected chi connectivity index (χ4v) is 3.48. The Labute approximate surface area is 189 Å². The number of pyridine rings is 1. The highest BCUT2D eigenvalue weighted by Crippen LogP contribution is 2.23. The third kappa shape index (κ3) is 5.87. The van der Waals surface area contributed by atoms with Crippen molar-refractivity contribution < 1.29 is 14.3 Å². The molecule has 3 rings (SSSR count). The van der Waals surface area contributed by atoms with Crippen LogP contribution in [0.1, 0.15) is 45.2 Å². The van der Waals surface area contributed by atoms with E-state index in [4.69, 9.17) is 4.74 Å². The predicted octanol–water partition coefficient (Wildman–Crippen LogP) is 4.14. The van der Waals surface area contributed by atoms with Gasteiger partial charge >= 0.3 is 6.09 Å². The topological polar surface area (TPSA) is 96.1 Å². The molecule has 0 fully saturated rings. The summed E-state index contributed by atoms with van der Waals surface area (Å²) in [4.78, 5) is 33.3. The van der Waals surface area contributed by atoms with Gasteiger partial charge in [0.2, 0.25) is 5.91 Å². The van der Waals surface area contributed by atoms with Crippen LogP contribution in [-0.2, 0) is 22.4 Å². The molecule has 0 saturated carbocycles. The lowest BCUT2D eigenvalue weighted by Crippen LogP contribution is -2.59. The highest BCUT2D eigenvalue weighted by molar-refractivity contribution is 5.91. The zero-order valence-corrected chi connectivity index (χ0v) is 19.2. The Hall–Kier alpha value is -3.35. The molecule has 32 heavy (non-hydrogen) atoms. The molecule has 7 nitrogen and oxygen atoms in total. The molecule has 0 aliphatic heterocycles. The summed E-state index contributed by atoms with van der Waals surface area (Å²) >= 11 is 0. The SMILES string of the molecule is CCC(C)(C)OC(=O)NC(C)(Cc1c[nH]c2ccccc12)C(=O)NCCc1cccnc1. The number of hydrogen-bond donors (Lipinski definition) is 3. The Morgan fingerprint density at radius 2 is 1.91 bits per heavy atom.